The molecule has 1 aromatic rings. The fourth-order valence-corrected chi connectivity index (χ4v) is 3.50. The van der Waals surface area contributed by atoms with E-state index in [1.165, 1.54) is 31.4 Å². The van der Waals surface area contributed by atoms with Crippen LogP contribution in [0.3, 0.4) is 0 Å². The fraction of sp³-hybridized carbons (Fsp3) is 0.647. The Morgan fingerprint density at radius 2 is 1.94 bits per heavy atom. The molecule has 98 valence electrons. The van der Waals surface area contributed by atoms with Crippen molar-refractivity contribution in [3.63, 3.8) is 0 Å². The molecule has 0 N–H and O–H groups in total. The predicted molar refractivity (Wildman–Crippen MR) is 76.8 cm³/mol. The second-order valence-electron chi connectivity index (χ2n) is 7.68. The third kappa shape index (κ3) is 2.21. The zero-order chi connectivity index (χ0) is 13.0. The Bertz CT molecular complexity index is 463. The van der Waals surface area contributed by atoms with Crippen LogP contribution in [0.15, 0.2) is 18.2 Å². The van der Waals surface area contributed by atoms with E-state index in [0.29, 0.717) is 10.8 Å². The van der Waals surface area contributed by atoms with Crippen molar-refractivity contribution in [1.29, 1.82) is 0 Å². The lowest BCUT2D eigenvalue weighted by atomic mass is 9.82. The molecule has 2 aliphatic rings. The van der Waals surface area contributed by atoms with Crippen molar-refractivity contribution in [2.75, 3.05) is 13.6 Å². The number of rotatable bonds is 1. The summed E-state index contributed by atoms with van der Waals surface area (Å²) in [6.45, 7) is 9.37. The second kappa shape index (κ2) is 3.84. The van der Waals surface area contributed by atoms with Crippen LogP contribution in [-0.4, -0.2) is 18.5 Å². The Morgan fingerprint density at radius 1 is 1.22 bits per heavy atom. The van der Waals surface area contributed by atoms with Gasteiger partial charge in [0, 0.05) is 18.5 Å². The fourth-order valence-electron chi connectivity index (χ4n) is 3.50. The molecule has 1 aliphatic carbocycles. The normalized spacial score (nSPS) is 22.0. The number of hydrogen-bond donors (Lipinski definition) is 0. The number of benzene rings is 1. The van der Waals surface area contributed by atoms with Gasteiger partial charge < -0.3 is 4.90 Å². The number of nitrogens with zero attached hydrogens (tertiary/aromatic N) is 1. The molecule has 1 heteroatoms. The highest BCUT2D eigenvalue weighted by atomic mass is 15.1. The summed E-state index contributed by atoms with van der Waals surface area (Å²) in [4.78, 5) is 2.48. The molecule has 0 radical (unpaired) electrons. The van der Waals surface area contributed by atoms with E-state index in [1.807, 2.05) is 0 Å². The van der Waals surface area contributed by atoms with E-state index < -0.39 is 0 Å². The molecule has 0 atom stereocenters. The molecular formula is C17H25N. The minimum atomic E-state index is 0.385. The molecule has 1 nitrogen and oxygen atoms in total. The molecule has 0 amide bonds. The van der Waals surface area contributed by atoms with Crippen molar-refractivity contribution in [3.05, 3.63) is 34.9 Å². The molecule has 1 heterocycles. The lowest BCUT2D eigenvalue weighted by Crippen LogP contribution is -2.35. The van der Waals surface area contributed by atoms with Crippen LogP contribution in [0.4, 0.5) is 0 Å². The van der Waals surface area contributed by atoms with Gasteiger partial charge in [0.05, 0.1) is 0 Å². The van der Waals surface area contributed by atoms with Gasteiger partial charge in [0.25, 0.3) is 0 Å². The summed E-state index contributed by atoms with van der Waals surface area (Å²) >= 11 is 0. The SMILES string of the molecule is CN1Cc2ccc(CC(C)(C)C)cc2C2(CC2)C1. The maximum absolute atomic E-state index is 2.51. The molecule has 1 fully saturated rings. The molecule has 1 aromatic carbocycles. The molecule has 0 saturated heterocycles. The van der Waals surface area contributed by atoms with Crippen LogP contribution < -0.4 is 0 Å². The summed E-state index contributed by atoms with van der Waals surface area (Å²) < 4.78 is 0. The molecule has 3 rings (SSSR count). The van der Waals surface area contributed by atoms with Gasteiger partial charge >= 0.3 is 0 Å². The van der Waals surface area contributed by atoms with Gasteiger partial charge in [0.2, 0.25) is 0 Å². The summed E-state index contributed by atoms with van der Waals surface area (Å²) in [6.07, 6.45) is 3.97. The molecular weight excluding hydrogens is 218 g/mol. The van der Waals surface area contributed by atoms with Crippen LogP contribution in [0.2, 0.25) is 0 Å². The van der Waals surface area contributed by atoms with Crippen LogP contribution in [0.25, 0.3) is 0 Å². The lowest BCUT2D eigenvalue weighted by molar-refractivity contribution is 0.271. The Labute approximate surface area is 111 Å². The second-order valence-corrected chi connectivity index (χ2v) is 7.68. The molecule has 1 spiro atoms. The van der Waals surface area contributed by atoms with E-state index >= 15 is 0 Å². The van der Waals surface area contributed by atoms with Gasteiger partial charge in [-0.3, -0.25) is 0 Å². The Kier molecular flexibility index (Phi) is 2.60. The number of hydrogen-bond acceptors (Lipinski definition) is 1. The average Bonchev–Trinajstić information content (AvgIpc) is 2.97. The van der Waals surface area contributed by atoms with Gasteiger partial charge in [-0.05, 0) is 48.4 Å². The third-order valence-electron chi connectivity index (χ3n) is 4.35. The first kappa shape index (κ1) is 12.2. The smallest absolute Gasteiger partial charge is 0.0234 e. The van der Waals surface area contributed by atoms with Gasteiger partial charge in [-0.1, -0.05) is 39.0 Å². The predicted octanol–water partition coefficient (Wildman–Crippen LogP) is 3.75. The molecule has 0 aromatic heterocycles. The highest BCUT2D eigenvalue weighted by Gasteiger charge is 2.48. The highest BCUT2D eigenvalue weighted by Crippen LogP contribution is 2.52. The van der Waals surface area contributed by atoms with Crippen molar-refractivity contribution >= 4 is 0 Å². The number of fused-ring (bicyclic) bond motifs is 2. The van der Waals surface area contributed by atoms with E-state index in [1.54, 1.807) is 11.1 Å². The first-order valence-electron chi connectivity index (χ1n) is 7.19. The van der Waals surface area contributed by atoms with Crippen LogP contribution in [0.5, 0.6) is 0 Å². The van der Waals surface area contributed by atoms with E-state index in [9.17, 15) is 0 Å². The first-order valence-corrected chi connectivity index (χ1v) is 7.19. The molecule has 1 aliphatic heterocycles. The zero-order valence-corrected chi connectivity index (χ0v) is 12.2. The number of likely N-dealkylation sites (N-methyl/N-ethyl adjacent to an activating group) is 1. The summed E-state index contributed by atoms with van der Waals surface area (Å²) in [7, 11) is 2.26. The van der Waals surface area contributed by atoms with Crippen molar-refractivity contribution in [3.8, 4) is 0 Å². The summed E-state index contributed by atoms with van der Waals surface area (Å²) in [5, 5.41) is 0. The Morgan fingerprint density at radius 3 is 2.56 bits per heavy atom. The topological polar surface area (TPSA) is 3.24 Å². The maximum Gasteiger partial charge on any atom is 0.0234 e. The van der Waals surface area contributed by atoms with Crippen LogP contribution in [0.1, 0.15) is 50.3 Å². The zero-order valence-electron chi connectivity index (χ0n) is 12.2. The standard InChI is InChI=1S/C17H25N/c1-16(2,3)10-13-5-6-14-11-18(4)12-17(7-8-17)15(14)9-13/h5-6,9H,7-8,10-12H2,1-4H3. The van der Waals surface area contributed by atoms with E-state index in [4.69, 9.17) is 0 Å². The van der Waals surface area contributed by atoms with Crippen molar-refractivity contribution in [1.82, 2.24) is 4.90 Å². The lowest BCUT2D eigenvalue weighted by Gasteiger charge is -2.33. The third-order valence-corrected chi connectivity index (χ3v) is 4.35. The first-order chi connectivity index (χ1) is 8.38. The van der Waals surface area contributed by atoms with Gasteiger partial charge in [-0.15, -0.1) is 0 Å². The van der Waals surface area contributed by atoms with E-state index in [2.05, 4.69) is 50.9 Å². The summed E-state index contributed by atoms with van der Waals surface area (Å²) in [5.41, 5.74) is 5.67. The van der Waals surface area contributed by atoms with Crippen molar-refractivity contribution in [2.24, 2.45) is 5.41 Å². The maximum atomic E-state index is 2.51. The quantitative estimate of drug-likeness (QED) is 0.726. The highest BCUT2D eigenvalue weighted by molar-refractivity contribution is 5.43. The van der Waals surface area contributed by atoms with E-state index in [0.717, 1.165) is 6.54 Å². The summed E-state index contributed by atoms with van der Waals surface area (Å²) in [5.74, 6) is 0. The average molecular weight is 243 g/mol. The van der Waals surface area contributed by atoms with Gasteiger partial charge in [-0.25, -0.2) is 0 Å². The summed E-state index contributed by atoms with van der Waals surface area (Å²) in [6, 6.07) is 7.24. The van der Waals surface area contributed by atoms with Crippen molar-refractivity contribution in [2.45, 2.75) is 52.0 Å². The van der Waals surface area contributed by atoms with Crippen LogP contribution >= 0.6 is 0 Å². The molecule has 0 unspecified atom stereocenters. The molecule has 1 saturated carbocycles. The molecule has 18 heavy (non-hydrogen) atoms. The van der Waals surface area contributed by atoms with Crippen LogP contribution in [0, 0.1) is 5.41 Å². The monoisotopic (exact) mass is 243 g/mol. The Balaban J connectivity index is 1.95. The van der Waals surface area contributed by atoms with Crippen LogP contribution in [-0.2, 0) is 18.4 Å². The Hall–Kier alpha value is -0.820. The minimum Gasteiger partial charge on any atom is -0.301 e. The van der Waals surface area contributed by atoms with Crippen molar-refractivity contribution < 1.29 is 0 Å². The van der Waals surface area contributed by atoms with Gasteiger partial charge in [0.15, 0.2) is 0 Å². The molecule has 0 bridgehead atoms. The van der Waals surface area contributed by atoms with E-state index in [-0.39, 0.29) is 0 Å². The minimum absolute atomic E-state index is 0.385. The van der Waals surface area contributed by atoms with Gasteiger partial charge in [0.1, 0.15) is 0 Å². The largest absolute Gasteiger partial charge is 0.301 e. The van der Waals surface area contributed by atoms with Gasteiger partial charge in [-0.2, -0.15) is 0 Å².